The summed E-state index contributed by atoms with van der Waals surface area (Å²) in [4.78, 5) is 18.5. The molecule has 0 aliphatic carbocycles. The summed E-state index contributed by atoms with van der Waals surface area (Å²) in [7, 11) is 3.95. The maximum atomic E-state index is 12.0. The van der Waals surface area contributed by atoms with Gasteiger partial charge in [-0.05, 0) is 38.6 Å². The van der Waals surface area contributed by atoms with Crippen LogP contribution in [0.3, 0.4) is 0 Å². The first kappa shape index (κ1) is 13.8. The third-order valence-corrected chi connectivity index (χ3v) is 3.70. The molecule has 0 bridgehead atoms. The zero-order chi connectivity index (χ0) is 13.7. The van der Waals surface area contributed by atoms with Gasteiger partial charge < -0.3 is 15.5 Å². The summed E-state index contributed by atoms with van der Waals surface area (Å²) < 4.78 is 0. The summed E-state index contributed by atoms with van der Waals surface area (Å²) in [5, 5.41) is 5.99. The van der Waals surface area contributed by atoms with Gasteiger partial charge in [-0.3, -0.25) is 9.78 Å². The largest absolute Gasteiger partial charge is 0.388 e. The molecule has 1 unspecified atom stereocenters. The normalized spacial score (nSPS) is 20.0. The molecule has 1 fully saturated rings. The number of nitrogens with zero attached hydrogens (tertiary/aromatic N) is 2. The minimum absolute atomic E-state index is 0.101. The van der Waals surface area contributed by atoms with E-state index in [1.807, 2.05) is 13.1 Å². The predicted octanol–water partition coefficient (Wildman–Crippen LogP) is 1.34. The molecule has 5 nitrogen and oxygen atoms in total. The summed E-state index contributed by atoms with van der Waals surface area (Å²) in [5.41, 5.74) is 1.36. The number of carbonyl (C=O) groups excluding carboxylic acids is 1. The van der Waals surface area contributed by atoms with Crippen LogP contribution in [0.5, 0.6) is 0 Å². The first-order valence-electron chi connectivity index (χ1n) is 6.83. The van der Waals surface area contributed by atoms with E-state index in [-0.39, 0.29) is 5.91 Å². The van der Waals surface area contributed by atoms with Gasteiger partial charge in [0.2, 0.25) is 0 Å². The lowest BCUT2D eigenvalue weighted by Gasteiger charge is -2.32. The van der Waals surface area contributed by atoms with Gasteiger partial charge in [0.15, 0.2) is 0 Å². The van der Waals surface area contributed by atoms with Crippen molar-refractivity contribution in [1.82, 2.24) is 15.2 Å². The van der Waals surface area contributed by atoms with Crippen LogP contribution < -0.4 is 10.6 Å². The maximum Gasteiger partial charge on any atom is 0.270 e. The average molecular weight is 262 g/mol. The molecule has 0 saturated carbocycles. The summed E-state index contributed by atoms with van der Waals surface area (Å²) >= 11 is 0. The van der Waals surface area contributed by atoms with Crippen LogP contribution in [0, 0.1) is 0 Å². The number of anilines is 1. The Morgan fingerprint density at radius 1 is 1.53 bits per heavy atom. The molecule has 1 atom stereocenters. The third kappa shape index (κ3) is 3.67. The zero-order valence-corrected chi connectivity index (χ0v) is 11.6. The number of likely N-dealkylation sites (N-methyl/N-ethyl adjacent to an activating group) is 1. The highest BCUT2D eigenvalue weighted by Crippen LogP contribution is 2.14. The number of hydrogen-bond acceptors (Lipinski definition) is 4. The lowest BCUT2D eigenvalue weighted by molar-refractivity contribution is 0.0923. The number of nitrogens with one attached hydrogen (secondary N) is 2. The first-order chi connectivity index (χ1) is 9.20. The van der Waals surface area contributed by atoms with Gasteiger partial charge >= 0.3 is 0 Å². The number of carbonyl (C=O) groups is 1. The van der Waals surface area contributed by atoms with Crippen molar-refractivity contribution in [2.45, 2.75) is 25.3 Å². The third-order valence-electron chi connectivity index (χ3n) is 3.70. The van der Waals surface area contributed by atoms with Crippen LogP contribution in [0.2, 0.25) is 0 Å². The van der Waals surface area contributed by atoms with E-state index in [0.29, 0.717) is 18.3 Å². The molecule has 1 aromatic heterocycles. The number of hydrogen-bond donors (Lipinski definition) is 2. The van der Waals surface area contributed by atoms with Gasteiger partial charge in [-0.25, -0.2) is 0 Å². The number of pyridine rings is 1. The molecule has 1 saturated heterocycles. The zero-order valence-electron chi connectivity index (χ0n) is 11.6. The van der Waals surface area contributed by atoms with E-state index >= 15 is 0 Å². The highest BCUT2D eigenvalue weighted by Gasteiger charge is 2.19. The Kier molecular flexibility index (Phi) is 4.74. The van der Waals surface area contributed by atoms with Gasteiger partial charge in [0.25, 0.3) is 5.91 Å². The summed E-state index contributed by atoms with van der Waals surface area (Å²) in [6, 6.07) is 4.05. The van der Waals surface area contributed by atoms with Gasteiger partial charge in [-0.2, -0.15) is 0 Å². The van der Waals surface area contributed by atoms with Crippen LogP contribution in [-0.2, 0) is 0 Å². The second-order valence-corrected chi connectivity index (χ2v) is 5.02. The molecule has 19 heavy (non-hydrogen) atoms. The summed E-state index contributed by atoms with van der Waals surface area (Å²) in [6.07, 6.45) is 5.30. The summed E-state index contributed by atoms with van der Waals surface area (Å²) in [6.45, 7) is 1.81. The van der Waals surface area contributed by atoms with Crippen molar-refractivity contribution in [2.75, 3.05) is 32.5 Å². The molecular weight excluding hydrogens is 240 g/mol. The number of aromatic nitrogens is 1. The quantitative estimate of drug-likeness (QED) is 0.859. The van der Waals surface area contributed by atoms with Crippen molar-refractivity contribution in [3.63, 3.8) is 0 Å². The van der Waals surface area contributed by atoms with Crippen LogP contribution in [0.1, 0.15) is 29.8 Å². The van der Waals surface area contributed by atoms with Gasteiger partial charge in [-0.1, -0.05) is 6.42 Å². The van der Waals surface area contributed by atoms with Gasteiger partial charge in [0, 0.05) is 31.5 Å². The van der Waals surface area contributed by atoms with Gasteiger partial charge in [0.05, 0.1) is 0 Å². The van der Waals surface area contributed by atoms with Crippen LogP contribution in [0.25, 0.3) is 0 Å². The second-order valence-electron chi connectivity index (χ2n) is 5.02. The van der Waals surface area contributed by atoms with Crippen molar-refractivity contribution >= 4 is 11.6 Å². The fourth-order valence-electron chi connectivity index (χ4n) is 2.41. The molecule has 2 N–H and O–H groups in total. The number of piperidine rings is 1. The Morgan fingerprint density at radius 3 is 3.11 bits per heavy atom. The Labute approximate surface area is 114 Å². The minimum Gasteiger partial charge on any atom is -0.388 e. The summed E-state index contributed by atoms with van der Waals surface area (Å²) in [5.74, 6) is -0.101. The molecule has 2 rings (SSSR count). The molecule has 1 aliphatic heterocycles. The van der Waals surface area contributed by atoms with Gasteiger partial charge in [-0.15, -0.1) is 0 Å². The van der Waals surface area contributed by atoms with E-state index in [1.165, 1.54) is 12.8 Å². The van der Waals surface area contributed by atoms with E-state index in [0.717, 1.165) is 18.7 Å². The molecule has 0 spiro atoms. The SMILES string of the molecule is CNc1ccnc(C(=O)NCC2CCCCN2C)c1. The smallest absolute Gasteiger partial charge is 0.270 e. The average Bonchev–Trinajstić information content (AvgIpc) is 2.46. The maximum absolute atomic E-state index is 12.0. The number of likely N-dealkylation sites (tertiary alicyclic amines) is 1. The van der Waals surface area contributed by atoms with Crippen LogP contribution >= 0.6 is 0 Å². The Morgan fingerprint density at radius 2 is 2.37 bits per heavy atom. The Balaban J connectivity index is 1.89. The monoisotopic (exact) mass is 262 g/mol. The lowest BCUT2D eigenvalue weighted by Crippen LogP contribution is -2.44. The van der Waals surface area contributed by atoms with Crippen molar-refractivity contribution in [3.05, 3.63) is 24.0 Å². The molecule has 0 radical (unpaired) electrons. The van der Waals surface area contributed by atoms with Crippen molar-refractivity contribution in [3.8, 4) is 0 Å². The Hall–Kier alpha value is -1.62. The van der Waals surface area contributed by atoms with E-state index in [9.17, 15) is 4.79 Å². The predicted molar refractivity (Wildman–Crippen MR) is 76.4 cm³/mol. The van der Waals surface area contributed by atoms with Crippen LogP contribution in [0.4, 0.5) is 5.69 Å². The number of rotatable bonds is 4. The highest BCUT2D eigenvalue weighted by molar-refractivity contribution is 5.93. The minimum atomic E-state index is -0.101. The van der Waals surface area contributed by atoms with E-state index in [2.05, 4.69) is 27.6 Å². The highest BCUT2D eigenvalue weighted by atomic mass is 16.1. The topological polar surface area (TPSA) is 57.3 Å². The van der Waals surface area contributed by atoms with E-state index in [1.54, 1.807) is 12.3 Å². The number of amides is 1. The molecule has 1 amide bonds. The van der Waals surface area contributed by atoms with E-state index < -0.39 is 0 Å². The van der Waals surface area contributed by atoms with Crippen molar-refractivity contribution < 1.29 is 4.79 Å². The standard InChI is InChI=1S/C14H22N4O/c1-15-11-6-7-16-13(9-11)14(19)17-10-12-5-3-4-8-18(12)2/h6-7,9,12H,3-5,8,10H2,1-2H3,(H,15,16)(H,17,19). The molecule has 1 aromatic rings. The second kappa shape index (κ2) is 6.52. The Bertz CT molecular complexity index is 435. The van der Waals surface area contributed by atoms with Gasteiger partial charge in [0.1, 0.15) is 5.69 Å². The molecule has 2 heterocycles. The molecule has 104 valence electrons. The fourth-order valence-corrected chi connectivity index (χ4v) is 2.41. The van der Waals surface area contributed by atoms with Crippen molar-refractivity contribution in [1.29, 1.82) is 0 Å². The fraction of sp³-hybridized carbons (Fsp3) is 0.571. The first-order valence-corrected chi connectivity index (χ1v) is 6.83. The van der Waals surface area contributed by atoms with Crippen LogP contribution in [-0.4, -0.2) is 49.0 Å². The lowest BCUT2D eigenvalue weighted by atomic mass is 10.0. The van der Waals surface area contributed by atoms with Crippen molar-refractivity contribution in [2.24, 2.45) is 0 Å². The molecular formula is C14H22N4O. The molecule has 1 aliphatic rings. The van der Waals surface area contributed by atoms with E-state index in [4.69, 9.17) is 0 Å². The molecule has 5 heteroatoms. The molecule has 0 aromatic carbocycles. The van der Waals surface area contributed by atoms with Crippen LogP contribution in [0.15, 0.2) is 18.3 Å².